The van der Waals surface area contributed by atoms with Crippen LogP contribution in [0.25, 0.3) is 0 Å². The van der Waals surface area contributed by atoms with E-state index in [0.717, 1.165) is 18.9 Å². The van der Waals surface area contributed by atoms with E-state index in [4.69, 9.17) is 5.11 Å². The third-order valence-electron chi connectivity index (χ3n) is 3.45. The van der Waals surface area contributed by atoms with Crippen LogP contribution < -0.4 is 0 Å². The molecule has 1 N–H and O–H groups in total. The highest BCUT2D eigenvalue weighted by Gasteiger charge is 2.15. The minimum Gasteiger partial charge on any atom is -0.480 e. The smallest absolute Gasteiger partial charge is 0.325 e. The number of carboxylic acids is 1. The van der Waals surface area contributed by atoms with Gasteiger partial charge in [0.1, 0.15) is 18.2 Å². The Labute approximate surface area is 113 Å². The average molecular weight is 266 g/mol. The fourth-order valence-corrected chi connectivity index (χ4v) is 2.54. The van der Waals surface area contributed by atoms with Gasteiger partial charge in [0.15, 0.2) is 0 Å². The first-order chi connectivity index (χ1) is 9.15. The van der Waals surface area contributed by atoms with E-state index in [2.05, 4.69) is 15.0 Å². The second-order valence-electron chi connectivity index (χ2n) is 5.17. The van der Waals surface area contributed by atoms with Crippen LogP contribution in [0.3, 0.4) is 0 Å². The van der Waals surface area contributed by atoms with Gasteiger partial charge >= 0.3 is 5.97 Å². The van der Waals surface area contributed by atoms with Crippen molar-refractivity contribution in [3.05, 3.63) is 11.6 Å². The first kappa shape index (κ1) is 14.0. The summed E-state index contributed by atoms with van der Waals surface area (Å²) < 4.78 is 1.51. The minimum atomic E-state index is -0.876. The maximum Gasteiger partial charge on any atom is 0.325 e. The van der Waals surface area contributed by atoms with Gasteiger partial charge in [0.25, 0.3) is 0 Å². The molecule has 1 aromatic rings. The largest absolute Gasteiger partial charge is 0.480 e. The predicted molar refractivity (Wildman–Crippen MR) is 70.8 cm³/mol. The fraction of sp³-hybridized carbons (Fsp3) is 0.769. The van der Waals surface area contributed by atoms with E-state index < -0.39 is 5.97 Å². The van der Waals surface area contributed by atoms with Crippen molar-refractivity contribution in [1.82, 2.24) is 19.7 Å². The van der Waals surface area contributed by atoms with Crippen molar-refractivity contribution in [3.63, 3.8) is 0 Å². The van der Waals surface area contributed by atoms with Gasteiger partial charge in [-0.05, 0) is 32.9 Å². The van der Waals surface area contributed by atoms with Crippen LogP contribution in [0.2, 0.25) is 0 Å². The standard InChI is InChI=1S/C13H22N4O2/c1-11-14-12(17(15-11)10-13(18)19)9-16-7-5-3-2-4-6-8-16/h2-10H2,1H3,(H,18,19). The lowest BCUT2D eigenvalue weighted by Gasteiger charge is -2.23. The molecule has 0 radical (unpaired) electrons. The molecule has 0 saturated carbocycles. The highest BCUT2D eigenvalue weighted by atomic mass is 16.4. The van der Waals surface area contributed by atoms with Crippen LogP contribution in [-0.4, -0.2) is 43.8 Å². The monoisotopic (exact) mass is 266 g/mol. The van der Waals surface area contributed by atoms with Crippen LogP contribution in [0.5, 0.6) is 0 Å². The molecule has 1 fully saturated rings. The Kier molecular flexibility index (Phi) is 4.90. The summed E-state index contributed by atoms with van der Waals surface area (Å²) in [7, 11) is 0. The Morgan fingerprint density at radius 1 is 1.21 bits per heavy atom. The predicted octanol–water partition coefficient (Wildman–Crippen LogP) is 1.44. The SMILES string of the molecule is Cc1nc(CN2CCCCCCC2)n(CC(=O)O)n1. The molecular formula is C13H22N4O2. The molecule has 1 aromatic heterocycles. The lowest BCUT2D eigenvalue weighted by atomic mass is 10.1. The maximum absolute atomic E-state index is 10.8. The van der Waals surface area contributed by atoms with Crippen molar-refractivity contribution < 1.29 is 9.90 Å². The molecule has 0 aliphatic carbocycles. The highest BCUT2D eigenvalue weighted by Crippen LogP contribution is 2.13. The number of likely N-dealkylation sites (tertiary alicyclic amines) is 1. The summed E-state index contributed by atoms with van der Waals surface area (Å²) in [6.45, 7) is 4.53. The molecule has 1 saturated heterocycles. The molecule has 2 rings (SSSR count). The third kappa shape index (κ3) is 4.31. The molecule has 0 bridgehead atoms. The molecule has 19 heavy (non-hydrogen) atoms. The Hall–Kier alpha value is -1.43. The summed E-state index contributed by atoms with van der Waals surface area (Å²) in [5, 5.41) is 13.0. The Morgan fingerprint density at radius 3 is 2.47 bits per heavy atom. The first-order valence-electron chi connectivity index (χ1n) is 6.99. The zero-order chi connectivity index (χ0) is 13.7. The van der Waals surface area contributed by atoms with E-state index in [1.54, 1.807) is 6.92 Å². The summed E-state index contributed by atoms with van der Waals surface area (Å²) in [6, 6.07) is 0. The number of aromatic nitrogens is 3. The maximum atomic E-state index is 10.8. The van der Waals surface area contributed by atoms with E-state index >= 15 is 0 Å². The van der Waals surface area contributed by atoms with Gasteiger partial charge in [0.2, 0.25) is 0 Å². The van der Waals surface area contributed by atoms with Gasteiger partial charge in [-0.3, -0.25) is 9.69 Å². The van der Waals surface area contributed by atoms with Crippen molar-refractivity contribution in [2.75, 3.05) is 13.1 Å². The number of carbonyl (C=O) groups is 1. The molecule has 0 spiro atoms. The molecule has 6 heteroatoms. The van der Waals surface area contributed by atoms with E-state index in [0.29, 0.717) is 12.4 Å². The van der Waals surface area contributed by atoms with E-state index in [1.165, 1.54) is 36.8 Å². The van der Waals surface area contributed by atoms with Crippen molar-refractivity contribution in [2.24, 2.45) is 0 Å². The number of hydrogen-bond donors (Lipinski definition) is 1. The van der Waals surface area contributed by atoms with Gasteiger partial charge in [-0.2, -0.15) is 5.10 Å². The molecule has 1 aliphatic rings. The number of rotatable bonds is 4. The number of aliphatic carboxylic acids is 1. The van der Waals surface area contributed by atoms with Crippen LogP contribution >= 0.6 is 0 Å². The topological polar surface area (TPSA) is 71.2 Å². The zero-order valence-electron chi connectivity index (χ0n) is 11.5. The zero-order valence-corrected chi connectivity index (χ0v) is 11.5. The first-order valence-corrected chi connectivity index (χ1v) is 6.99. The molecule has 2 heterocycles. The van der Waals surface area contributed by atoms with Crippen LogP contribution in [0.1, 0.15) is 43.8 Å². The van der Waals surface area contributed by atoms with Crippen molar-refractivity contribution in [3.8, 4) is 0 Å². The minimum absolute atomic E-state index is 0.107. The van der Waals surface area contributed by atoms with Gasteiger partial charge in [-0.25, -0.2) is 9.67 Å². The van der Waals surface area contributed by atoms with Crippen molar-refractivity contribution >= 4 is 5.97 Å². The summed E-state index contributed by atoms with van der Waals surface area (Å²) in [5.74, 6) is 0.530. The summed E-state index contributed by atoms with van der Waals surface area (Å²) >= 11 is 0. The molecule has 6 nitrogen and oxygen atoms in total. The Morgan fingerprint density at radius 2 is 1.84 bits per heavy atom. The average Bonchev–Trinajstić information content (AvgIpc) is 2.61. The number of nitrogens with zero attached hydrogens (tertiary/aromatic N) is 4. The number of carboxylic acid groups (broad SMARTS) is 1. The molecule has 1 aliphatic heterocycles. The quantitative estimate of drug-likeness (QED) is 0.892. The Bertz CT molecular complexity index is 422. The van der Waals surface area contributed by atoms with Crippen LogP contribution in [0.15, 0.2) is 0 Å². The molecule has 0 atom stereocenters. The Balaban J connectivity index is 2.01. The highest BCUT2D eigenvalue weighted by molar-refractivity contribution is 5.66. The van der Waals surface area contributed by atoms with Crippen LogP contribution in [0.4, 0.5) is 0 Å². The lowest BCUT2D eigenvalue weighted by molar-refractivity contribution is -0.138. The molecule has 0 unspecified atom stereocenters. The van der Waals surface area contributed by atoms with Gasteiger partial charge < -0.3 is 5.11 Å². The summed E-state index contributed by atoms with van der Waals surface area (Å²) in [6.07, 6.45) is 6.34. The van der Waals surface area contributed by atoms with Crippen molar-refractivity contribution in [2.45, 2.75) is 52.1 Å². The van der Waals surface area contributed by atoms with Gasteiger partial charge in [-0.15, -0.1) is 0 Å². The van der Waals surface area contributed by atoms with Crippen LogP contribution in [0, 0.1) is 6.92 Å². The molecule has 0 amide bonds. The molecule has 0 aromatic carbocycles. The fourth-order valence-electron chi connectivity index (χ4n) is 2.54. The summed E-state index contributed by atoms with van der Waals surface area (Å²) in [5.41, 5.74) is 0. The second-order valence-corrected chi connectivity index (χ2v) is 5.17. The number of aryl methyl sites for hydroxylation is 1. The van der Waals surface area contributed by atoms with Crippen LogP contribution in [-0.2, 0) is 17.9 Å². The van der Waals surface area contributed by atoms with E-state index in [1.807, 2.05) is 0 Å². The number of hydrogen-bond acceptors (Lipinski definition) is 4. The molecular weight excluding hydrogens is 244 g/mol. The van der Waals surface area contributed by atoms with E-state index in [9.17, 15) is 4.79 Å². The van der Waals surface area contributed by atoms with E-state index in [-0.39, 0.29) is 6.54 Å². The van der Waals surface area contributed by atoms with Gasteiger partial charge in [-0.1, -0.05) is 19.3 Å². The normalized spacial score (nSPS) is 17.9. The second kappa shape index (κ2) is 6.65. The van der Waals surface area contributed by atoms with Gasteiger partial charge in [0.05, 0.1) is 6.54 Å². The lowest BCUT2D eigenvalue weighted by Crippen LogP contribution is -2.29. The summed E-state index contributed by atoms with van der Waals surface area (Å²) in [4.78, 5) is 17.5. The molecule has 106 valence electrons. The van der Waals surface area contributed by atoms with Crippen molar-refractivity contribution in [1.29, 1.82) is 0 Å². The van der Waals surface area contributed by atoms with Gasteiger partial charge in [0, 0.05) is 0 Å². The third-order valence-corrected chi connectivity index (χ3v) is 3.45.